The Morgan fingerprint density at radius 3 is 2.26 bits per heavy atom. The molecule has 1 aliphatic carbocycles. The summed E-state index contributed by atoms with van der Waals surface area (Å²) in [5.74, 6) is 1.31. The van der Waals surface area contributed by atoms with E-state index >= 15 is 0 Å². The Bertz CT molecular complexity index is 663. The van der Waals surface area contributed by atoms with Gasteiger partial charge in [0.15, 0.2) is 6.61 Å². The van der Waals surface area contributed by atoms with Crippen molar-refractivity contribution >= 4 is 21.8 Å². The number of amides is 1. The van der Waals surface area contributed by atoms with Crippen LogP contribution in [0, 0.1) is 5.92 Å². The van der Waals surface area contributed by atoms with E-state index in [1.54, 1.807) is 0 Å². The van der Waals surface area contributed by atoms with Crippen molar-refractivity contribution in [3.8, 4) is 16.9 Å². The number of halogens is 1. The fourth-order valence-electron chi connectivity index (χ4n) is 2.54. The number of benzene rings is 2. The minimum atomic E-state index is -0.0543. The average molecular weight is 374 g/mol. The van der Waals surface area contributed by atoms with E-state index in [1.165, 1.54) is 12.8 Å². The summed E-state index contributed by atoms with van der Waals surface area (Å²) in [5.41, 5.74) is 2.27. The normalized spacial score (nSPS) is 15.0. The predicted molar refractivity (Wildman–Crippen MR) is 95.4 cm³/mol. The molecule has 0 unspecified atom stereocenters. The summed E-state index contributed by atoms with van der Waals surface area (Å²) >= 11 is 3.44. The minimum Gasteiger partial charge on any atom is -0.484 e. The van der Waals surface area contributed by atoms with Crippen molar-refractivity contribution in [2.24, 2.45) is 5.92 Å². The summed E-state index contributed by atoms with van der Waals surface area (Å²) in [6, 6.07) is 16.2. The first-order valence-electron chi connectivity index (χ1n) is 7.90. The molecule has 1 fully saturated rings. The third-order valence-electron chi connectivity index (χ3n) is 4.12. The van der Waals surface area contributed by atoms with Gasteiger partial charge in [0.2, 0.25) is 0 Å². The number of ether oxygens (including phenoxy) is 1. The predicted octanol–water partition coefficient (Wildman–Crippen LogP) is 4.41. The Hall–Kier alpha value is -1.81. The summed E-state index contributed by atoms with van der Waals surface area (Å²) in [6.45, 7) is 2.12. The molecule has 3 nitrogen and oxygen atoms in total. The van der Waals surface area contributed by atoms with Crippen molar-refractivity contribution in [2.75, 3.05) is 6.61 Å². The lowest BCUT2D eigenvalue weighted by atomic mass is 10.1. The van der Waals surface area contributed by atoms with E-state index in [1.807, 2.05) is 36.4 Å². The fourth-order valence-corrected chi connectivity index (χ4v) is 2.81. The second-order valence-corrected chi connectivity index (χ2v) is 6.93. The van der Waals surface area contributed by atoms with Crippen LogP contribution in [0.4, 0.5) is 0 Å². The van der Waals surface area contributed by atoms with Crippen molar-refractivity contribution in [3.05, 3.63) is 53.0 Å². The smallest absolute Gasteiger partial charge is 0.258 e. The van der Waals surface area contributed by atoms with E-state index in [4.69, 9.17) is 4.74 Å². The molecule has 1 aliphatic rings. The van der Waals surface area contributed by atoms with Crippen LogP contribution in [0.3, 0.4) is 0 Å². The molecule has 1 saturated carbocycles. The lowest BCUT2D eigenvalue weighted by Gasteiger charge is -2.13. The average Bonchev–Trinajstić information content (AvgIpc) is 3.39. The standard InChI is InChI=1S/C19H20BrNO2/c1-13(14-2-3-14)21-19(22)12-23-18-10-6-16(7-11-18)15-4-8-17(20)9-5-15/h4-11,13-14H,2-3,12H2,1H3,(H,21,22)/t13-/m1/s1. The van der Waals surface area contributed by atoms with Crippen LogP contribution in [0.25, 0.3) is 11.1 Å². The zero-order valence-corrected chi connectivity index (χ0v) is 14.7. The highest BCUT2D eigenvalue weighted by Gasteiger charge is 2.28. The van der Waals surface area contributed by atoms with Crippen molar-refractivity contribution < 1.29 is 9.53 Å². The van der Waals surface area contributed by atoms with E-state index in [-0.39, 0.29) is 18.6 Å². The maximum Gasteiger partial charge on any atom is 0.258 e. The first-order valence-corrected chi connectivity index (χ1v) is 8.69. The van der Waals surface area contributed by atoms with Gasteiger partial charge < -0.3 is 10.1 Å². The highest BCUT2D eigenvalue weighted by Crippen LogP contribution is 2.32. The molecule has 23 heavy (non-hydrogen) atoms. The van der Waals surface area contributed by atoms with Gasteiger partial charge in [-0.2, -0.15) is 0 Å². The number of carbonyl (C=O) groups is 1. The minimum absolute atomic E-state index is 0.0543. The van der Waals surface area contributed by atoms with Gasteiger partial charge in [0, 0.05) is 10.5 Å². The maximum atomic E-state index is 11.8. The second kappa shape index (κ2) is 7.18. The summed E-state index contributed by atoms with van der Waals surface area (Å²) in [7, 11) is 0. The highest BCUT2D eigenvalue weighted by molar-refractivity contribution is 9.10. The third kappa shape index (κ3) is 4.58. The molecule has 1 N–H and O–H groups in total. The lowest BCUT2D eigenvalue weighted by molar-refractivity contribution is -0.123. The molecule has 0 bridgehead atoms. The zero-order valence-electron chi connectivity index (χ0n) is 13.1. The molecule has 1 atom stereocenters. The van der Waals surface area contributed by atoms with Gasteiger partial charge in [-0.3, -0.25) is 4.79 Å². The summed E-state index contributed by atoms with van der Waals surface area (Å²) in [5, 5.41) is 2.99. The molecule has 0 aliphatic heterocycles. The van der Waals surface area contributed by atoms with Crippen LogP contribution in [0.2, 0.25) is 0 Å². The van der Waals surface area contributed by atoms with Crippen molar-refractivity contribution in [2.45, 2.75) is 25.8 Å². The van der Waals surface area contributed by atoms with Gasteiger partial charge in [0.05, 0.1) is 0 Å². The summed E-state index contributed by atoms with van der Waals surface area (Å²) in [6.07, 6.45) is 2.44. The van der Waals surface area contributed by atoms with Crippen LogP contribution in [0.5, 0.6) is 5.75 Å². The maximum absolute atomic E-state index is 11.8. The molecule has 3 rings (SSSR count). The SMILES string of the molecule is C[C@@H](NC(=O)COc1ccc(-c2ccc(Br)cc2)cc1)C1CC1. The van der Waals surface area contributed by atoms with Crippen molar-refractivity contribution in [1.29, 1.82) is 0 Å². The molecule has 1 amide bonds. The molecule has 0 spiro atoms. The largest absolute Gasteiger partial charge is 0.484 e. The lowest BCUT2D eigenvalue weighted by Crippen LogP contribution is -2.37. The van der Waals surface area contributed by atoms with E-state index in [0.717, 1.165) is 15.6 Å². The van der Waals surface area contributed by atoms with Crippen LogP contribution < -0.4 is 10.1 Å². The third-order valence-corrected chi connectivity index (χ3v) is 4.65. The molecule has 0 saturated heterocycles. The van der Waals surface area contributed by atoms with Crippen LogP contribution >= 0.6 is 15.9 Å². The van der Waals surface area contributed by atoms with Crippen LogP contribution in [0.1, 0.15) is 19.8 Å². The molecular formula is C19H20BrNO2. The monoisotopic (exact) mass is 373 g/mol. The number of nitrogens with one attached hydrogen (secondary N) is 1. The second-order valence-electron chi connectivity index (χ2n) is 6.01. The van der Waals surface area contributed by atoms with E-state index in [0.29, 0.717) is 11.7 Å². The molecule has 0 aromatic heterocycles. The van der Waals surface area contributed by atoms with Gasteiger partial charge in [0.1, 0.15) is 5.75 Å². The first-order chi connectivity index (χ1) is 11.1. The quantitative estimate of drug-likeness (QED) is 0.814. The van der Waals surface area contributed by atoms with Gasteiger partial charge >= 0.3 is 0 Å². The number of rotatable bonds is 6. The molecule has 2 aromatic rings. The van der Waals surface area contributed by atoms with Crippen LogP contribution in [-0.4, -0.2) is 18.6 Å². The van der Waals surface area contributed by atoms with Gasteiger partial charge in [-0.25, -0.2) is 0 Å². The zero-order chi connectivity index (χ0) is 16.2. The molecule has 0 heterocycles. The Balaban J connectivity index is 1.52. The fraction of sp³-hybridized carbons (Fsp3) is 0.316. The Kier molecular flexibility index (Phi) is 5.01. The van der Waals surface area contributed by atoms with E-state index in [9.17, 15) is 4.79 Å². The Labute approximate surface area is 145 Å². The van der Waals surface area contributed by atoms with Crippen LogP contribution in [-0.2, 0) is 4.79 Å². The summed E-state index contributed by atoms with van der Waals surface area (Å²) < 4.78 is 6.62. The Morgan fingerprint density at radius 1 is 1.13 bits per heavy atom. The first kappa shape index (κ1) is 16.1. The number of hydrogen-bond acceptors (Lipinski definition) is 2. The molecule has 4 heteroatoms. The highest BCUT2D eigenvalue weighted by atomic mass is 79.9. The van der Waals surface area contributed by atoms with Crippen molar-refractivity contribution in [3.63, 3.8) is 0 Å². The molecular weight excluding hydrogens is 354 g/mol. The number of hydrogen-bond donors (Lipinski definition) is 1. The van der Waals surface area contributed by atoms with E-state index in [2.05, 4.69) is 40.3 Å². The molecule has 2 aromatic carbocycles. The molecule has 0 radical (unpaired) electrons. The van der Waals surface area contributed by atoms with Crippen molar-refractivity contribution in [1.82, 2.24) is 5.32 Å². The topological polar surface area (TPSA) is 38.3 Å². The van der Waals surface area contributed by atoms with Crippen LogP contribution in [0.15, 0.2) is 53.0 Å². The van der Waals surface area contributed by atoms with E-state index < -0.39 is 0 Å². The molecule has 120 valence electrons. The van der Waals surface area contributed by atoms with Gasteiger partial charge in [-0.15, -0.1) is 0 Å². The van der Waals surface area contributed by atoms with Gasteiger partial charge in [0.25, 0.3) is 5.91 Å². The van der Waals surface area contributed by atoms with Gasteiger partial charge in [-0.1, -0.05) is 40.2 Å². The summed E-state index contributed by atoms with van der Waals surface area (Å²) in [4.78, 5) is 11.8. The Morgan fingerprint density at radius 2 is 1.70 bits per heavy atom. The number of carbonyl (C=O) groups excluding carboxylic acids is 1. The van der Waals surface area contributed by atoms with Gasteiger partial charge in [-0.05, 0) is 61.1 Å².